The van der Waals surface area contributed by atoms with Crippen molar-refractivity contribution in [2.75, 3.05) is 6.54 Å². The van der Waals surface area contributed by atoms with Crippen LogP contribution in [0.1, 0.15) is 31.8 Å². The SMILES string of the molecule is Cc1ccc(C(=O)NCC(=O)N/N=C/c2c(OC(=O)c3ccccc3)ccc3ccccc23)cc1. The molecule has 4 aromatic carbocycles. The molecule has 174 valence electrons. The average Bonchev–Trinajstić information content (AvgIpc) is 2.89. The Hall–Kier alpha value is -4.78. The second-order valence-electron chi connectivity index (χ2n) is 7.80. The molecule has 0 aromatic heterocycles. The Kier molecular flexibility index (Phi) is 7.28. The van der Waals surface area contributed by atoms with Crippen molar-refractivity contribution in [3.8, 4) is 5.75 Å². The summed E-state index contributed by atoms with van der Waals surface area (Å²) in [5.41, 5.74) is 4.86. The van der Waals surface area contributed by atoms with Gasteiger partial charge in [-0.3, -0.25) is 9.59 Å². The van der Waals surface area contributed by atoms with Crippen LogP contribution in [0.2, 0.25) is 0 Å². The Morgan fingerprint density at radius 3 is 2.31 bits per heavy atom. The summed E-state index contributed by atoms with van der Waals surface area (Å²) in [5, 5.41) is 8.31. The van der Waals surface area contributed by atoms with Crippen LogP contribution < -0.4 is 15.5 Å². The molecular formula is C28H23N3O4. The predicted octanol–water partition coefficient (Wildman–Crippen LogP) is 4.25. The number of rotatable bonds is 7. The summed E-state index contributed by atoms with van der Waals surface area (Å²) < 4.78 is 5.63. The van der Waals surface area contributed by atoms with Gasteiger partial charge in [-0.15, -0.1) is 0 Å². The number of nitrogens with one attached hydrogen (secondary N) is 2. The molecular weight excluding hydrogens is 442 g/mol. The van der Waals surface area contributed by atoms with Crippen LogP contribution >= 0.6 is 0 Å². The van der Waals surface area contributed by atoms with E-state index in [0.717, 1.165) is 16.3 Å². The number of benzene rings is 4. The first kappa shape index (κ1) is 23.4. The summed E-state index contributed by atoms with van der Waals surface area (Å²) in [6, 6.07) is 26.8. The number of fused-ring (bicyclic) bond motifs is 1. The van der Waals surface area contributed by atoms with E-state index in [4.69, 9.17) is 4.74 Å². The minimum absolute atomic E-state index is 0.241. The standard InChI is InChI=1S/C28H23N3O4/c1-19-11-13-21(14-12-19)27(33)29-18-26(32)31-30-17-24-23-10-6-5-7-20(23)15-16-25(24)35-28(34)22-8-3-2-4-9-22/h2-17H,18H2,1H3,(H,29,33)(H,31,32)/b30-17+. The van der Waals surface area contributed by atoms with Crippen molar-refractivity contribution in [2.24, 2.45) is 5.10 Å². The number of hydrogen-bond acceptors (Lipinski definition) is 5. The summed E-state index contributed by atoms with van der Waals surface area (Å²) in [7, 11) is 0. The number of nitrogens with zero attached hydrogens (tertiary/aromatic N) is 1. The van der Waals surface area contributed by atoms with E-state index in [0.29, 0.717) is 22.4 Å². The maximum Gasteiger partial charge on any atom is 0.343 e. The van der Waals surface area contributed by atoms with Gasteiger partial charge in [0.1, 0.15) is 5.75 Å². The molecule has 0 bridgehead atoms. The van der Waals surface area contributed by atoms with E-state index in [1.54, 1.807) is 42.5 Å². The van der Waals surface area contributed by atoms with Crippen molar-refractivity contribution in [1.82, 2.24) is 10.7 Å². The summed E-state index contributed by atoms with van der Waals surface area (Å²) in [6.07, 6.45) is 1.43. The van der Waals surface area contributed by atoms with Crippen molar-refractivity contribution >= 4 is 34.8 Å². The third kappa shape index (κ3) is 5.97. The Bertz CT molecular complexity index is 1400. The van der Waals surface area contributed by atoms with Crippen LogP contribution in [0.3, 0.4) is 0 Å². The van der Waals surface area contributed by atoms with E-state index in [-0.39, 0.29) is 12.5 Å². The number of amides is 2. The molecule has 0 aliphatic heterocycles. The van der Waals surface area contributed by atoms with Crippen molar-refractivity contribution < 1.29 is 19.1 Å². The summed E-state index contributed by atoms with van der Waals surface area (Å²) in [4.78, 5) is 37.0. The number of esters is 1. The molecule has 0 radical (unpaired) electrons. The third-order valence-electron chi connectivity index (χ3n) is 5.25. The van der Waals surface area contributed by atoms with Crippen LogP contribution in [0.5, 0.6) is 5.75 Å². The quantitative estimate of drug-likeness (QED) is 0.185. The fourth-order valence-corrected chi connectivity index (χ4v) is 3.41. The summed E-state index contributed by atoms with van der Waals surface area (Å²) in [6.45, 7) is 1.69. The van der Waals surface area contributed by atoms with E-state index in [2.05, 4.69) is 15.8 Å². The Balaban J connectivity index is 1.46. The Morgan fingerprint density at radius 1 is 0.829 bits per heavy atom. The van der Waals surface area contributed by atoms with Gasteiger partial charge in [0.15, 0.2) is 0 Å². The first-order valence-corrected chi connectivity index (χ1v) is 11.0. The van der Waals surface area contributed by atoms with E-state index in [9.17, 15) is 14.4 Å². The monoisotopic (exact) mass is 465 g/mol. The maximum atomic E-state index is 12.6. The molecule has 0 saturated heterocycles. The van der Waals surface area contributed by atoms with Crippen LogP contribution in [0, 0.1) is 6.92 Å². The van der Waals surface area contributed by atoms with E-state index in [1.165, 1.54) is 6.21 Å². The van der Waals surface area contributed by atoms with Crippen LogP contribution in [-0.4, -0.2) is 30.5 Å². The molecule has 7 heteroatoms. The Labute approximate surface area is 202 Å². The lowest BCUT2D eigenvalue weighted by Crippen LogP contribution is -2.34. The zero-order chi connectivity index (χ0) is 24.6. The van der Waals surface area contributed by atoms with Crippen molar-refractivity contribution in [1.29, 1.82) is 0 Å². The zero-order valence-corrected chi connectivity index (χ0v) is 19.0. The number of carbonyl (C=O) groups is 3. The van der Waals surface area contributed by atoms with E-state index < -0.39 is 11.9 Å². The highest BCUT2D eigenvalue weighted by atomic mass is 16.5. The highest BCUT2D eigenvalue weighted by molar-refractivity contribution is 6.04. The number of hydrazone groups is 1. The first-order valence-electron chi connectivity index (χ1n) is 11.0. The molecule has 0 aliphatic rings. The smallest absolute Gasteiger partial charge is 0.343 e. The van der Waals surface area contributed by atoms with Gasteiger partial charge in [0.05, 0.1) is 18.3 Å². The maximum absolute atomic E-state index is 12.6. The molecule has 0 aliphatic carbocycles. The molecule has 2 N–H and O–H groups in total. The average molecular weight is 466 g/mol. The van der Waals surface area contributed by atoms with Crippen molar-refractivity contribution in [2.45, 2.75) is 6.92 Å². The molecule has 4 rings (SSSR count). The molecule has 0 atom stereocenters. The van der Waals surface area contributed by atoms with Gasteiger partial charge in [-0.05, 0) is 48.0 Å². The number of carbonyl (C=O) groups excluding carboxylic acids is 3. The highest BCUT2D eigenvalue weighted by Crippen LogP contribution is 2.27. The van der Waals surface area contributed by atoms with E-state index in [1.807, 2.05) is 55.5 Å². The van der Waals surface area contributed by atoms with Crippen molar-refractivity contribution in [3.63, 3.8) is 0 Å². The fraction of sp³-hybridized carbons (Fsp3) is 0.0714. The summed E-state index contributed by atoms with van der Waals surface area (Å²) in [5.74, 6) is -1.04. The third-order valence-corrected chi connectivity index (χ3v) is 5.25. The van der Waals surface area contributed by atoms with Gasteiger partial charge in [0.2, 0.25) is 0 Å². The molecule has 4 aromatic rings. The van der Waals surface area contributed by atoms with Crippen LogP contribution in [0.4, 0.5) is 0 Å². The largest absolute Gasteiger partial charge is 0.422 e. The normalized spacial score (nSPS) is 10.8. The second-order valence-corrected chi connectivity index (χ2v) is 7.80. The van der Waals surface area contributed by atoms with Gasteiger partial charge in [-0.1, -0.05) is 66.2 Å². The zero-order valence-electron chi connectivity index (χ0n) is 19.0. The van der Waals surface area contributed by atoms with Crippen LogP contribution in [0.15, 0.2) is 96.1 Å². The second kappa shape index (κ2) is 10.9. The predicted molar refractivity (Wildman–Crippen MR) is 135 cm³/mol. The molecule has 0 unspecified atom stereocenters. The molecule has 0 fully saturated rings. The van der Waals surface area contributed by atoms with Crippen LogP contribution in [-0.2, 0) is 4.79 Å². The lowest BCUT2D eigenvalue weighted by atomic mass is 10.0. The summed E-state index contributed by atoms with van der Waals surface area (Å²) >= 11 is 0. The number of ether oxygens (including phenoxy) is 1. The molecule has 0 heterocycles. The van der Waals surface area contributed by atoms with Gasteiger partial charge in [-0.25, -0.2) is 10.2 Å². The van der Waals surface area contributed by atoms with Crippen molar-refractivity contribution in [3.05, 3.63) is 113 Å². The molecule has 0 saturated carbocycles. The highest BCUT2D eigenvalue weighted by Gasteiger charge is 2.13. The molecule has 0 spiro atoms. The molecule has 2 amide bonds. The Morgan fingerprint density at radius 2 is 1.54 bits per heavy atom. The topological polar surface area (TPSA) is 96.9 Å². The minimum atomic E-state index is -0.501. The number of aryl methyl sites for hydroxylation is 1. The lowest BCUT2D eigenvalue weighted by molar-refractivity contribution is -0.120. The van der Waals surface area contributed by atoms with Gasteiger partial charge >= 0.3 is 5.97 Å². The van der Waals surface area contributed by atoms with Gasteiger partial charge < -0.3 is 10.1 Å². The van der Waals surface area contributed by atoms with E-state index >= 15 is 0 Å². The van der Waals surface area contributed by atoms with Gasteiger partial charge in [0.25, 0.3) is 11.8 Å². The molecule has 35 heavy (non-hydrogen) atoms. The lowest BCUT2D eigenvalue weighted by Gasteiger charge is -2.10. The first-order chi connectivity index (χ1) is 17.0. The number of hydrogen-bond donors (Lipinski definition) is 2. The van der Waals surface area contributed by atoms with Gasteiger partial charge in [-0.2, -0.15) is 5.10 Å². The molecule has 7 nitrogen and oxygen atoms in total. The minimum Gasteiger partial charge on any atom is -0.422 e. The fourth-order valence-electron chi connectivity index (χ4n) is 3.41. The van der Waals surface area contributed by atoms with Crippen LogP contribution in [0.25, 0.3) is 10.8 Å². The van der Waals surface area contributed by atoms with Gasteiger partial charge in [0, 0.05) is 11.1 Å².